The molecule has 1 aliphatic rings. The number of rotatable bonds is 3. The van der Waals surface area contributed by atoms with E-state index in [9.17, 15) is 5.26 Å². The first-order chi connectivity index (χ1) is 10.8. The summed E-state index contributed by atoms with van der Waals surface area (Å²) < 4.78 is 7.90. The van der Waals surface area contributed by atoms with Crippen LogP contribution in [0.3, 0.4) is 0 Å². The van der Waals surface area contributed by atoms with E-state index in [1.54, 1.807) is 18.5 Å². The van der Waals surface area contributed by atoms with E-state index in [1.807, 2.05) is 24.4 Å². The number of aromatic nitrogens is 3. The Morgan fingerprint density at radius 2 is 2.05 bits per heavy atom. The lowest BCUT2D eigenvalue weighted by molar-refractivity contribution is 0.321. The van der Waals surface area contributed by atoms with Crippen molar-refractivity contribution in [1.82, 2.24) is 14.5 Å². The molecule has 2 aromatic heterocycles. The third-order valence-electron chi connectivity index (χ3n) is 4.15. The van der Waals surface area contributed by atoms with Crippen molar-refractivity contribution in [3.8, 4) is 17.8 Å². The molecule has 108 valence electrons. The van der Waals surface area contributed by atoms with Crippen molar-refractivity contribution in [3.05, 3.63) is 48.4 Å². The van der Waals surface area contributed by atoms with Gasteiger partial charge in [-0.05, 0) is 37.5 Å². The lowest BCUT2D eigenvalue weighted by Crippen LogP contribution is -2.15. The second-order valence-electron chi connectivity index (χ2n) is 5.46. The van der Waals surface area contributed by atoms with Gasteiger partial charge in [0.05, 0.1) is 11.1 Å². The Bertz CT molecular complexity index is 859. The predicted molar refractivity (Wildman–Crippen MR) is 81.6 cm³/mol. The molecule has 4 rings (SSSR count). The second-order valence-corrected chi connectivity index (χ2v) is 5.46. The molecule has 0 atom stereocenters. The molecule has 0 amide bonds. The van der Waals surface area contributed by atoms with E-state index >= 15 is 0 Å². The van der Waals surface area contributed by atoms with Crippen LogP contribution in [-0.2, 0) is 0 Å². The molecule has 0 N–H and O–H groups in total. The highest BCUT2D eigenvalue weighted by Crippen LogP contribution is 2.37. The van der Waals surface area contributed by atoms with E-state index in [2.05, 4.69) is 20.6 Å². The number of fused-ring (bicyclic) bond motifs is 1. The van der Waals surface area contributed by atoms with Crippen LogP contribution in [0.4, 0.5) is 0 Å². The van der Waals surface area contributed by atoms with Crippen LogP contribution in [0, 0.1) is 11.3 Å². The summed E-state index contributed by atoms with van der Waals surface area (Å²) >= 11 is 0. The minimum absolute atomic E-state index is 0.323. The van der Waals surface area contributed by atoms with Crippen LogP contribution in [0.5, 0.6) is 11.8 Å². The molecule has 0 saturated heterocycles. The standard InChI is InChI=1S/C17H14N4O/c18-10-12-11-21(13-3-1-4-13)16-9-14(5-6-15(12)16)22-17-19-7-2-8-20-17/h2,5-9,11,13H,1,3-4H2. The summed E-state index contributed by atoms with van der Waals surface area (Å²) in [6, 6.07) is 10.6. The summed E-state index contributed by atoms with van der Waals surface area (Å²) in [6.45, 7) is 0. The molecule has 5 heteroatoms. The van der Waals surface area contributed by atoms with Crippen molar-refractivity contribution in [2.45, 2.75) is 25.3 Å². The van der Waals surface area contributed by atoms with E-state index in [0.717, 1.165) is 10.9 Å². The van der Waals surface area contributed by atoms with E-state index in [-0.39, 0.29) is 0 Å². The van der Waals surface area contributed by atoms with Gasteiger partial charge in [-0.2, -0.15) is 5.26 Å². The molecule has 1 fully saturated rings. The van der Waals surface area contributed by atoms with E-state index in [0.29, 0.717) is 23.4 Å². The highest BCUT2D eigenvalue weighted by atomic mass is 16.5. The zero-order valence-corrected chi connectivity index (χ0v) is 11.9. The Morgan fingerprint density at radius 1 is 1.23 bits per heavy atom. The van der Waals surface area contributed by atoms with Crippen molar-refractivity contribution in [1.29, 1.82) is 5.26 Å². The van der Waals surface area contributed by atoms with Crippen molar-refractivity contribution < 1.29 is 4.74 Å². The maximum atomic E-state index is 9.31. The lowest BCUT2D eigenvalue weighted by atomic mass is 9.93. The average molecular weight is 290 g/mol. The summed E-state index contributed by atoms with van der Waals surface area (Å²) in [6.07, 6.45) is 8.83. The van der Waals surface area contributed by atoms with Gasteiger partial charge in [0.2, 0.25) is 0 Å². The first-order valence-corrected chi connectivity index (χ1v) is 7.35. The van der Waals surface area contributed by atoms with Gasteiger partial charge in [0.25, 0.3) is 0 Å². The molecule has 0 radical (unpaired) electrons. The number of hydrogen-bond acceptors (Lipinski definition) is 4. The van der Waals surface area contributed by atoms with Gasteiger partial charge < -0.3 is 9.30 Å². The normalized spacial score (nSPS) is 14.5. The van der Waals surface area contributed by atoms with Gasteiger partial charge in [-0.15, -0.1) is 0 Å². The number of ether oxygens (including phenoxy) is 1. The van der Waals surface area contributed by atoms with Crippen LogP contribution in [-0.4, -0.2) is 14.5 Å². The summed E-state index contributed by atoms with van der Waals surface area (Å²) in [5.74, 6) is 0.682. The van der Waals surface area contributed by atoms with Crippen molar-refractivity contribution in [2.75, 3.05) is 0 Å². The summed E-state index contributed by atoms with van der Waals surface area (Å²) in [4.78, 5) is 8.14. The Morgan fingerprint density at radius 3 is 2.73 bits per heavy atom. The summed E-state index contributed by atoms with van der Waals surface area (Å²) in [5.41, 5.74) is 1.75. The van der Waals surface area contributed by atoms with Crippen molar-refractivity contribution >= 4 is 10.9 Å². The fourth-order valence-electron chi connectivity index (χ4n) is 2.79. The highest BCUT2D eigenvalue weighted by molar-refractivity contribution is 5.87. The van der Waals surface area contributed by atoms with E-state index < -0.39 is 0 Å². The van der Waals surface area contributed by atoms with Crippen LogP contribution < -0.4 is 4.74 Å². The zero-order valence-electron chi connectivity index (χ0n) is 11.9. The maximum Gasteiger partial charge on any atom is 0.321 e. The minimum Gasteiger partial charge on any atom is -0.424 e. The number of benzene rings is 1. The molecule has 3 aromatic rings. The second kappa shape index (κ2) is 5.15. The number of nitrogens with zero attached hydrogens (tertiary/aromatic N) is 4. The zero-order chi connectivity index (χ0) is 14.9. The SMILES string of the molecule is N#Cc1cn(C2CCC2)c2cc(Oc3ncccn3)ccc12. The Hall–Kier alpha value is -2.87. The van der Waals surface area contributed by atoms with Crippen LogP contribution in [0.1, 0.15) is 30.9 Å². The highest BCUT2D eigenvalue weighted by Gasteiger charge is 2.22. The van der Waals surface area contributed by atoms with Gasteiger partial charge in [-0.1, -0.05) is 0 Å². The topological polar surface area (TPSA) is 63.7 Å². The molecule has 2 heterocycles. The van der Waals surface area contributed by atoms with Crippen LogP contribution in [0.25, 0.3) is 10.9 Å². The monoisotopic (exact) mass is 290 g/mol. The largest absolute Gasteiger partial charge is 0.424 e. The van der Waals surface area contributed by atoms with Gasteiger partial charge in [-0.3, -0.25) is 0 Å². The molecule has 1 aromatic carbocycles. The van der Waals surface area contributed by atoms with Gasteiger partial charge in [0.1, 0.15) is 11.8 Å². The Labute approximate surface area is 127 Å². The van der Waals surface area contributed by atoms with Crippen molar-refractivity contribution in [3.63, 3.8) is 0 Å². The quantitative estimate of drug-likeness (QED) is 0.735. The molecule has 1 saturated carbocycles. The first kappa shape index (κ1) is 12.8. The van der Waals surface area contributed by atoms with Crippen LogP contribution in [0.2, 0.25) is 0 Å². The molecule has 5 nitrogen and oxygen atoms in total. The third-order valence-corrected chi connectivity index (χ3v) is 4.15. The minimum atomic E-state index is 0.323. The van der Waals surface area contributed by atoms with Gasteiger partial charge in [0, 0.05) is 36.1 Å². The molecule has 0 unspecified atom stereocenters. The van der Waals surface area contributed by atoms with E-state index in [1.165, 1.54) is 19.3 Å². The first-order valence-electron chi connectivity index (χ1n) is 7.35. The summed E-state index contributed by atoms with van der Waals surface area (Å²) in [7, 11) is 0. The number of nitriles is 1. The molecule has 0 spiro atoms. The molecule has 0 aliphatic heterocycles. The fourth-order valence-corrected chi connectivity index (χ4v) is 2.79. The number of hydrogen-bond donors (Lipinski definition) is 0. The molecule has 0 bridgehead atoms. The predicted octanol–water partition coefficient (Wildman–Crippen LogP) is 3.82. The molecule has 22 heavy (non-hydrogen) atoms. The molecule has 1 aliphatic carbocycles. The fraction of sp³-hybridized carbons (Fsp3) is 0.235. The van der Waals surface area contributed by atoms with Gasteiger partial charge >= 0.3 is 6.01 Å². The lowest BCUT2D eigenvalue weighted by Gasteiger charge is -2.28. The van der Waals surface area contributed by atoms with E-state index in [4.69, 9.17) is 4.74 Å². The third kappa shape index (κ3) is 2.09. The van der Waals surface area contributed by atoms with Crippen LogP contribution >= 0.6 is 0 Å². The summed E-state index contributed by atoms with van der Waals surface area (Å²) in [5, 5.41) is 10.3. The Balaban J connectivity index is 1.77. The Kier molecular flexibility index (Phi) is 3.01. The smallest absolute Gasteiger partial charge is 0.321 e. The van der Waals surface area contributed by atoms with Crippen LogP contribution in [0.15, 0.2) is 42.9 Å². The van der Waals surface area contributed by atoms with Gasteiger partial charge in [0.15, 0.2) is 0 Å². The van der Waals surface area contributed by atoms with Crippen molar-refractivity contribution in [2.24, 2.45) is 0 Å². The average Bonchev–Trinajstić information content (AvgIpc) is 2.85. The molecular weight excluding hydrogens is 276 g/mol. The molecular formula is C17H14N4O. The van der Waals surface area contributed by atoms with Gasteiger partial charge in [-0.25, -0.2) is 9.97 Å². The maximum absolute atomic E-state index is 9.31.